The van der Waals surface area contributed by atoms with Crippen molar-refractivity contribution in [2.75, 3.05) is 18.6 Å². The molecular weight excluding hydrogens is 428 g/mol. The van der Waals surface area contributed by atoms with E-state index < -0.39 is 0 Å². The minimum atomic E-state index is -0.0697. The van der Waals surface area contributed by atoms with E-state index in [0.717, 1.165) is 46.7 Å². The van der Waals surface area contributed by atoms with Gasteiger partial charge in [-0.05, 0) is 76.8 Å². The van der Waals surface area contributed by atoms with Crippen molar-refractivity contribution in [2.24, 2.45) is 0 Å². The molecule has 0 unspecified atom stereocenters. The predicted molar refractivity (Wildman–Crippen MR) is 133 cm³/mol. The number of hydrogen-bond acceptors (Lipinski definition) is 5. The lowest BCUT2D eigenvalue weighted by Gasteiger charge is -2.32. The van der Waals surface area contributed by atoms with Crippen LogP contribution in [0.3, 0.4) is 0 Å². The normalized spacial score (nSPS) is 13.6. The maximum atomic E-state index is 14.2. The van der Waals surface area contributed by atoms with Crippen molar-refractivity contribution in [1.82, 2.24) is 14.8 Å². The third-order valence-electron chi connectivity index (χ3n) is 6.63. The topological polar surface area (TPSA) is 73.4 Å². The van der Waals surface area contributed by atoms with Crippen molar-refractivity contribution in [3.63, 3.8) is 0 Å². The van der Waals surface area contributed by atoms with Crippen LogP contribution in [0.5, 0.6) is 5.75 Å². The van der Waals surface area contributed by atoms with Gasteiger partial charge in [-0.3, -0.25) is 4.79 Å². The zero-order valence-corrected chi connectivity index (χ0v) is 20.6. The zero-order valence-electron chi connectivity index (χ0n) is 20.6. The third kappa shape index (κ3) is 3.47. The summed E-state index contributed by atoms with van der Waals surface area (Å²) in [5, 5.41) is 5.32. The smallest absolute Gasteiger partial charge is 0.259 e. The minimum absolute atomic E-state index is 0.0697. The number of furan rings is 1. The summed E-state index contributed by atoms with van der Waals surface area (Å²) >= 11 is 0. The van der Waals surface area contributed by atoms with E-state index in [4.69, 9.17) is 14.1 Å². The van der Waals surface area contributed by atoms with Gasteiger partial charge in [0.05, 0.1) is 35.6 Å². The molecule has 3 aromatic heterocycles. The summed E-state index contributed by atoms with van der Waals surface area (Å²) < 4.78 is 13.3. The maximum Gasteiger partial charge on any atom is 0.259 e. The van der Waals surface area contributed by atoms with E-state index >= 15 is 0 Å². The highest BCUT2D eigenvalue weighted by Crippen LogP contribution is 2.40. The van der Waals surface area contributed by atoms with Gasteiger partial charge in [-0.2, -0.15) is 5.10 Å². The first-order valence-electron chi connectivity index (χ1n) is 11.7. The first-order valence-corrected chi connectivity index (χ1v) is 11.7. The number of benzene rings is 1. The van der Waals surface area contributed by atoms with Crippen LogP contribution < -0.4 is 9.64 Å². The molecule has 1 aliphatic heterocycles. The lowest BCUT2D eigenvalue weighted by atomic mass is 9.95. The number of methoxy groups -OCH3 is 1. The van der Waals surface area contributed by atoms with Gasteiger partial charge in [-0.25, -0.2) is 9.67 Å². The second-order valence-electron chi connectivity index (χ2n) is 9.27. The number of rotatable bonds is 4. The van der Waals surface area contributed by atoms with Crippen molar-refractivity contribution < 1.29 is 13.9 Å². The number of pyridine rings is 1. The number of amides is 1. The summed E-state index contributed by atoms with van der Waals surface area (Å²) in [6, 6.07) is 7.96. The Morgan fingerprint density at radius 1 is 1.18 bits per heavy atom. The molecular formula is C27H30N4O3. The summed E-state index contributed by atoms with van der Waals surface area (Å²) in [5.41, 5.74) is 6.09. The van der Waals surface area contributed by atoms with Crippen LogP contribution in [-0.2, 0) is 6.42 Å². The van der Waals surface area contributed by atoms with Crippen LogP contribution in [-0.4, -0.2) is 34.3 Å². The van der Waals surface area contributed by atoms with E-state index in [1.54, 1.807) is 13.3 Å². The number of carbonyl (C=O) groups excluding carboxylic acids is 1. The Morgan fingerprint density at radius 3 is 2.65 bits per heavy atom. The molecule has 0 atom stereocenters. The van der Waals surface area contributed by atoms with Gasteiger partial charge in [0, 0.05) is 18.2 Å². The zero-order chi connectivity index (χ0) is 24.1. The highest BCUT2D eigenvalue weighted by atomic mass is 16.5. The number of aromatic nitrogens is 3. The van der Waals surface area contributed by atoms with Gasteiger partial charge in [0.25, 0.3) is 5.91 Å². The van der Waals surface area contributed by atoms with Crippen molar-refractivity contribution in [1.29, 1.82) is 0 Å². The Kier molecular flexibility index (Phi) is 5.42. The Hall–Kier alpha value is -3.61. The Bertz CT molecular complexity index is 1410. The van der Waals surface area contributed by atoms with Gasteiger partial charge in [-0.15, -0.1) is 0 Å². The standard InChI is InChI=1S/C27H30N4O3/c1-15(2)31-26-22(14-28-31)21(13-23(29-26)20-12-17(4)34-18(20)5)27(32)30-11-7-8-19-16(3)9-10-24(33-6)25(19)30/h9-10,12-15H,7-8,11H2,1-6H3. The summed E-state index contributed by atoms with van der Waals surface area (Å²) in [6.45, 7) is 10.7. The van der Waals surface area contributed by atoms with E-state index in [1.165, 1.54) is 11.1 Å². The Labute approximate surface area is 199 Å². The van der Waals surface area contributed by atoms with Crippen LogP contribution in [0.15, 0.2) is 34.9 Å². The monoisotopic (exact) mass is 458 g/mol. The van der Waals surface area contributed by atoms with Gasteiger partial charge in [0.2, 0.25) is 0 Å². The first kappa shape index (κ1) is 22.2. The molecule has 0 spiro atoms. The van der Waals surface area contributed by atoms with Crippen molar-refractivity contribution in [3.05, 3.63) is 58.7 Å². The molecule has 7 nitrogen and oxygen atoms in total. The molecule has 7 heteroatoms. The van der Waals surface area contributed by atoms with E-state index in [-0.39, 0.29) is 11.9 Å². The number of aryl methyl sites for hydroxylation is 3. The van der Waals surface area contributed by atoms with Gasteiger partial charge < -0.3 is 14.1 Å². The lowest BCUT2D eigenvalue weighted by Crippen LogP contribution is -2.36. The number of ether oxygens (including phenoxy) is 1. The molecule has 176 valence electrons. The summed E-state index contributed by atoms with van der Waals surface area (Å²) in [6.07, 6.45) is 3.59. The van der Waals surface area contributed by atoms with Crippen LogP contribution in [0, 0.1) is 20.8 Å². The fourth-order valence-corrected chi connectivity index (χ4v) is 4.96. The number of anilines is 1. The fraction of sp³-hybridized carbons (Fsp3) is 0.370. The molecule has 0 saturated carbocycles. The van der Waals surface area contributed by atoms with Crippen LogP contribution in [0.2, 0.25) is 0 Å². The van der Waals surface area contributed by atoms with Crippen molar-refractivity contribution in [2.45, 2.75) is 53.5 Å². The second kappa shape index (κ2) is 8.31. The van der Waals surface area contributed by atoms with Crippen LogP contribution >= 0.6 is 0 Å². The number of hydrogen-bond donors (Lipinski definition) is 0. The molecule has 0 bridgehead atoms. The molecule has 0 N–H and O–H groups in total. The molecule has 0 fully saturated rings. The fourth-order valence-electron chi connectivity index (χ4n) is 4.96. The maximum absolute atomic E-state index is 14.2. The summed E-state index contributed by atoms with van der Waals surface area (Å²) in [4.78, 5) is 21.0. The molecule has 4 heterocycles. The van der Waals surface area contributed by atoms with E-state index in [1.807, 2.05) is 41.6 Å². The largest absolute Gasteiger partial charge is 0.495 e. The lowest BCUT2D eigenvalue weighted by molar-refractivity contribution is 0.0986. The first-order chi connectivity index (χ1) is 16.3. The molecule has 1 aromatic carbocycles. The minimum Gasteiger partial charge on any atom is -0.495 e. The molecule has 0 radical (unpaired) electrons. The average Bonchev–Trinajstić information content (AvgIpc) is 3.40. The van der Waals surface area contributed by atoms with Gasteiger partial charge >= 0.3 is 0 Å². The summed E-state index contributed by atoms with van der Waals surface area (Å²) in [7, 11) is 1.65. The highest BCUT2D eigenvalue weighted by Gasteiger charge is 2.30. The predicted octanol–water partition coefficient (Wildman–Crippen LogP) is 5.80. The van der Waals surface area contributed by atoms with Crippen LogP contribution in [0.1, 0.15) is 59.3 Å². The van der Waals surface area contributed by atoms with E-state index in [9.17, 15) is 4.79 Å². The molecule has 1 aliphatic rings. The second-order valence-corrected chi connectivity index (χ2v) is 9.27. The van der Waals surface area contributed by atoms with Crippen LogP contribution in [0.25, 0.3) is 22.3 Å². The quantitative estimate of drug-likeness (QED) is 0.386. The molecule has 1 amide bonds. The molecule has 34 heavy (non-hydrogen) atoms. The van der Waals surface area contributed by atoms with Gasteiger partial charge in [-0.1, -0.05) is 6.07 Å². The Morgan fingerprint density at radius 2 is 1.97 bits per heavy atom. The van der Waals surface area contributed by atoms with E-state index in [2.05, 4.69) is 31.9 Å². The molecule has 0 saturated heterocycles. The average molecular weight is 459 g/mol. The Balaban J connectivity index is 1.73. The number of carbonyl (C=O) groups is 1. The van der Waals surface area contributed by atoms with Gasteiger partial charge in [0.15, 0.2) is 5.65 Å². The SMILES string of the molecule is COc1ccc(C)c2c1N(C(=O)c1cc(-c3cc(C)oc3C)nc3c1cnn3C(C)C)CCC2. The molecule has 5 rings (SSSR count). The molecule has 4 aromatic rings. The number of fused-ring (bicyclic) bond motifs is 2. The van der Waals surface area contributed by atoms with Gasteiger partial charge in [0.1, 0.15) is 17.3 Å². The molecule has 0 aliphatic carbocycles. The highest BCUT2D eigenvalue weighted by molar-refractivity contribution is 6.15. The number of nitrogens with zero attached hydrogens (tertiary/aromatic N) is 4. The van der Waals surface area contributed by atoms with E-state index in [0.29, 0.717) is 23.4 Å². The summed E-state index contributed by atoms with van der Waals surface area (Å²) in [5.74, 6) is 2.24. The third-order valence-corrected chi connectivity index (χ3v) is 6.63. The van der Waals surface area contributed by atoms with Crippen molar-refractivity contribution in [3.8, 4) is 17.0 Å². The van der Waals surface area contributed by atoms with Crippen LogP contribution in [0.4, 0.5) is 5.69 Å². The van der Waals surface area contributed by atoms with Crippen molar-refractivity contribution >= 4 is 22.6 Å².